The van der Waals surface area contributed by atoms with Crippen molar-refractivity contribution in [2.45, 2.75) is 13.2 Å². The third-order valence-corrected chi connectivity index (χ3v) is 4.78. The molecule has 3 aromatic carbocycles. The number of carbonyl (C=O) groups excluding carboxylic acids is 1. The molecule has 0 aliphatic carbocycles. The number of carbonyl (C=O) groups is 1. The Bertz CT molecular complexity index is 1240. The average molecular weight is 399 g/mol. The van der Waals surface area contributed by atoms with Crippen molar-refractivity contribution in [1.82, 2.24) is 14.9 Å². The summed E-state index contributed by atoms with van der Waals surface area (Å²) >= 11 is 0. The first-order valence-corrected chi connectivity index (χ1v) is 9.61. The maximum absolute atomic E-state index is 13.1. The van der Waals surface area contributed by atoms with Crippen molar-refractivity contribution in [1.29, 1.82) is 0 Å². The van der Waals surface area contributed by atoms with Crippen LogP contribution in [0.1, 0.15) is 21.7 Å². The number of amides is 1. The van der Waals surface area contributed by atoms with E-state index in [1.54, 1.807) is 31.3 Å². The predicted octanol–water partition coefficient (Wildman–Crippen LogP) is 3.77. The van der Waals surface area contributed by atoms with Gasteiger partial charge in [0.25, 0.3) is 11.5 Å². The van der Waals surface area contributed by atoms with Crippen LogP contribution in [0.2, 0.25) is 0 Å². The van der Waals surface area contributed by atoms with E-state index in [9.17, 15) is 9.59 Å². The SMILES string of the molecule is CN(Cc1nc2ccccc2c(=O)[nH]1)C(=O)c1ccccc1COc1ccccc1. The molecule has 0 aliphatic rings. The van der Waals surface area contributed by atoms with Gasteiger partial charge in [-0.15, -0.1) is 0 Å². The lowest BCUT2D eigenvalue weighted by Crippen LogP contribution is -2.29. The van der Waals surface area contributed by atoms with Crippen molar-refractivity contribution in [3.05, 3.63) is 106 Å². The Kier molecular flexibility index (Phi) is 5.57. The van der Waals surface area contributed by atoms with Gasteiger partial charge in [-0.1, -0.05) is 48.5 Å². The smallest absolute Gasteiger partial charge is 0.258 e. The molecule has 0 unspecified atom stereocenters. The lowest BCUT2D eigenvalue weighted by atomic mass is 10.1. The largest absolute Gasteiger partial charge is 0.489 e. The van der Waals surface area contributed by atoms with Crippen LogP contribution < -0.4 is 10.3 Å². The van der Waals surface area contributed by atoms with E-state index in [1.165, 1.54) is 4.90 Å². The molecule has 0 bridgehead atoms. The third-order valence-electron chi connectivity index (χ3n) is 4.78. The van der Waals surface area contributed by atoms with Gasteiger partial charge in [-0.3, -0.25) is 9.59 Å². The Morgan fingerprint density at radius 1 is 0.967 bits per heavy atom. The monoisotopic (exact) mass is 399 g/mol. The molecule has 0 radical (unpaired) electrons. The normalized spacial score (nSPS) is 10.7. The van der Waals surface area contributed by atoms with E-state index < -0.39 is 0 Å². The van der Waals surface area contributed by atoms with Crippen LogP contribution in [0.4, 0.5) is 0 Å². The second-order valence-corrected chi connectivity index (χ2v) is 6.95. The maximum Gasteiger partial charge on any atom is 0.258 e. The number of nitrogens with zero attached hydrogens (tertiary/aromatic N) is 2. The minimum absolute atomic E-state index is 0.168. The minimum atomic E-state index is -0.215. The molecule has 6 heteroatoms. The van der Waals surface area contributed by atoms with Gasteiger partial charge < -0.3 is 14.6 Å². The Morgan fingerprint density at radius 2 is 1.67 bits per heavy atom. The van der Waals surface area contributed by atoms with Gasteiger partial charge >= 0.3 is 0 Å². The molecule has 1 aromatic heterocycles. The van der Waals surface area contributed by atoms with Crippen LogP contribution in [-0.4, -0.2) is 27.8 Å². The van der Waals surface area contributed by atoms with Gasteiger partial charge in [0.1, 0.15) is 18.2 Å². The number of aromatic nitrogens is 2. The van der Waals surface area contributed by atoms with Gasteiger partial charge in [0.05, 0.1) is 17.4 Å². The average Bonchev–Trinajstić information content (AvgIpc) is 2.78. The van der Waals surface area contributed by atoms with E-state index in [2.05, 4.69) is 9.97 Å². The summed E-state index contributed by atoms with van der Waals surface area (Å²) in [5, 5.41) is 0.527. The number of hydrogen-bond acceptors (Lipinski definition) is 4. The van der Waals surface area contributed by atoms with Crippen molar-refractivity contribution in [3.8, 4) is 5.75 Å². The molecule has 0 aliphatic heterocycles. The molecule has 1 amide bonds. The van der Waals surface area contributed by atoms with E-state index in [4.69, 9.17) is 4.74 Å². The van der Waals surface area contributed by atoms with Gasteiger partial charge in [0, 0.05) is 18.2 Å². The van der Waals surface area contributed by atoms with Crippen LogP contribution in [0.25, 0.3) is 10.9 Å². The van der Waals surface area contributed by atoms with E-state index >= 15 is 0 Å². The first-order valence-electron chi connectivity index (χ1n) is 9.61. The van der Waals surface area contributed by atoms with Gasteiger partial charge in [0.15, 0.2) is 0 Å². The number of H-pyrrole nitrogens is 1. The lowest BCUT2D eigenvalue weighted by Gasteiger charge is -2.19. The third kappa shape index (κ3) is 4.22. The Hall–Kier alpha value is -3.93. The fourth-order valence-electron chi connectivity index (χ4n) is 3.24. The molecular formula is C24H21N3O3. The zero-order valence-corrected chi connectivity index (χ0v) is 16.5. The number of hydrogen-bond donors (Lipinski definition) is 1. The molecule has 150 valence electrons. The molecule has 0 saturated carbocycles. The highest BCUT2D eigenvalue weighted by Gasteiger charge is 2.17. The van der Waals surface area contributed by atoms with Crippen molar-refractivity contribution >= 4 is 16.8 Å². The van der Waals surface area contributed by atoms with Gasteiger partial charge in [-0.25, -0.2) is 4.98 Å². The summed E-state index contributed by atoms with van der Waals surface area (Å²) in [5.74, 6) is 1.01. The molecule has 1 heterocycles. The highest BCUT2D eigenvalue weighted by Crippen LogP contribution is 2.17. The molecular weight excluding hydrogens is 378 g/mol. The van der Waals surface area contributed by atoms with Crippen LogP contribution >= 0.6 is 0 Å². The molecule has 4 aromatic rings. The molecule has 0 spiro atoms. The van der Waals surface area contributed by atoms with E-state index in [1.807, 2.05) is 54.6 Å². The van der Waals surface area contributed by atoms with Gasteiger partial charge in [-0.2, -0.15) is 0 Å². The van der Waals surface area contributed by atoms with Crippen molar-refractivity contribution < 1.29 is 9.53 Å². The van der Waals surface area contributed by atoms with E-state index in [0.717, 1.165) is 11.3 Å². The zero-order chi connectivity index (χ0) is 20.9. The summed E-state index contributed by atoms with van der Waals surface area (Å²) in [4.78, 5) is 34.1. The second-order valence-electron chi connectivity index (χ2n) is 6.95. The van der Waals surface area contributed by atoms with Crippen molar-refractivity contribution in [2.24, 2.45) is 0 Å². The number of nitrogens with one attached hydrogen (secondary N) is 1. The number of para-hydroxylation sites is 2. The standard InChI is InChI=1S/C24H21N3O3/c1-27(15-22-25-21-14-8-7-13-20(21)23(28)26-22)24(29)19-12-6-5-9-17(19)16-30-18-10-3-2-4-11-18/h2-14H,15-16H2,1H3,(H,25,26,28). The number of rotatable bonds is 6. The van der Waals surface area contributed by atoms with Crippen LogP contribution in [0.3, 0.4) is 0 Å². The van der Waals surface area contributed by atoms with Crippen LogP contribution in [0.15, 0.2) is 83.7 Å². The topological polar surface area (TPSA) is 75.3 Å². The molecule has 4 rings (SSSR count). The minimum Gasteiger partial charge on any atom is -0.489 e. The summed E-state index contributed by atoms with van der Waals surface area (Å²) in [7, 11) is 1.69. The van der Waals surface area contributed by atoms with E-state index in [0.29, 0.717) is 22.3 Å². The van der Waals surface area contributed by atoms with Crippen LogP contribution in [0.5, 0.6) is 5.75 Å². The van der Waals surface area contributed by atoms with Crippen LogP contribution in [-0.2, 0) is 13.2 Å². The summed E-state index contributed by atoms with van der Waals surface area (Å²) in [5.41, 5.74) is 1.74. The molecule has 0 fully saturated rings. The van der Waals surface area contributed by atoms with Gasteiger partial charge in [0.2, 0.25) is 0 Å². The first kappa shape index (κ1) is 19.4. The number of fused-ring (bicyclic) bond motifs is 1. The first-order chi connectivity index (χ1) is 14.6. The Morgan fingerprint density at radius 3 is 2.50 bits per heavy atom. The quantitative estimate of drug-likeness (QED) is 0.535. The summed E-state index contributed by atoms with van der Waals surface area (Å²) < 4.78 is 5.81. The summed E-state index contributed by atoms with van der Waals surface area (Å²) in [6.07, 6.45) is 0. The zero-order valence-electron chi connectivity index (χ0n) is 16.5. The maximum atomic E-state index is 13.1. The van der Waals surface area contributed by atoms with Gasteiger partial charge in [-0.05, 0) is 30.3 Å². The molecule has 1 N–H and O–H groups in total. The fraction of sp³-hybridized carbons (Fsp3) is 0.125. The Labute approximate surface area is 173 Å². The fourth-order valence-corrected chi connectivity index (χ4v) is 3.24. The number of benzene rings is 3. The van der Waals surface area contributed by atoms with Crippen molar-refractivity contribution in [3.63, 3.8) is 0 Å². The molecule has 0 atom stereocenters. The molecule has 0 saturated heterocycles. The Balaban J connectivity index is 1.52. The van der Waals surface area contributed by atoms with E-state index in [-0.39, 0.29) is 24.6 Å². The van der Waals surface area contributed by atoms with Crippen molar-refractivity contribution in [2.75, 3.05) is 7.05 Å². The van der Waals surface area contributed by atoms with Crippen LogP contribution in [0, 0.1) is 0 Å². The summed E-state index contributed by atoms with van der Waals surface area (Å²) in [6, 6.07) is 24.0. The highest BCUT2D eigenvalue weighted by molar-refractivity contribution is 5.95. The lowest BCUT2D eigenvalue weighted by molar-refractivity contribution is 0.0779. The predicted molar refractivity (Wildman–Crippen MR) is 115 cm³/mol. The number of aromatic amines is 1. The second kappa shape index (κ2) is 8.61. The molecule has 6 nitrogen and oxygen atoms in total. The number of ether oxygens (including phenoxy) is 1. The summed E-state index contributed by atoms with van der Waals surface area (Å²) in [6.45, 7) is 0.470. The molecule has 30 heavy (non-hydrogen) atoms. The highest BCUT2D eigenvalue weighted by atomic mass is 16.5.